The number of urea groups is 1. The van der Waals surface area contributed by atoms with Crippen LogP contribution in [0.3, 0.4) is 0 Å². The topological polar surface area (TPSA) is 74.2 Å². The highest BCUT2D eigenvalue weighted by Gasteiger charge is 2.06. The van der Waals surface area contributed by atoms with Gasteiger partial charge in [0.2, 0.25) is 0 Å². The summed E-state index contributed by atoms with van der Waals surface area (Å²) in [6, 6.07) is -0.476. The first-order valence-corrected chi connectivity index (χ1v) is 6.42. The zero-order valence-electron chi connectivity index (χ0n) is 10.4. The number of nitrogens with one attached hydrogen (secondary N) is 2. The van der Waals surface area contributed by atoms with Gasteiger partial charge in [0.1, 0.15) is 0 Å². The van der Waals surface area contributed by atoms with Crippen LogP contribution in [0.25, 0.3) is 0 Å². The first-order valence-electron chi connectivity index (χ1n) is 5.61. The van der Waals surface area contributed by atoms with Crippen molar-refractivity contribution in [3.8, 4) is 0 Å². The van der Waals surface area contributed by atoms with Crippen molar-refractivity contribution in [2.45, 2.75) is 33.2 Å². The number of aliphatic hydroxyl groups is 1. The van der Waals surface area contributed by atoms with Gasteiger partial charge in [-0.2, -0.15) is 0 Å². The molecule has 0 aliphatic rings. The lowest BCUT2D eigenvalue weighted by Crippen LogP contribution is -2.42. The summed E-state index contributed by atoms with van der Waals surface area (Å²) in [6.45, 7) is 6.26. The van der Waals surface area contributed by atoms with Gasteiger partial charge in [-0.05, 0) is 20.8 Å². The van der Waals surface area contributed by atoms with E-state index >= 15 is 0 Å². The van der Waals surface area contributed by atoms with E-state index in [9.17, 15) is 4.79 Å². The molecule has 0 aliphatic heterocycles. The molecule has 0 fully saturated rings. The van der Waals surface area contributed by atoms with E-state index in [1.807, 2.05) is 13.8 Å². The van der Waals surface area contributed by atoms with Gasteiger partial charge in [0.15, 0.2) is 0 Å². The maximum Gasteiger partial charge on any atom is 0.315 e. The first kappa shape index (κ1) is 13.9. The average Bonchev–Trinajstić information content (AvgIpc) is 2.58. The van der Waals surface area contributed by atoms with Crippen molar-refractivity contribution in [3.05, 3.63) is 15.6 Å². The van der Waals surface area contributed by atoms with Crippen molar-refractivity contribution in [1.29, 1.82) is 0 Å². The molecule has 96 valence electrons. The minimum Gasteiger partial charge on any atom is -0.394 e. The molecule has 2 amide bonds. The lowest BCUT2D eigenvalue weighted by atomic mass is 10.4. The Morgan fingerprint density at radius 2 is 2.24 bits per heavy atom. The maximum atomic E-state index is 11.3. The Hall–Kier alpha value is -1.14. The summed E-state index contributed by atoms with van der Waals surface area (Å²) in [5.74, 6) is 0. The third kappa shape index (κ3) is 4.70. The number of amides is 2. The summed E-state index contributed by atoms with van der Waals surface area (Å²) < 4.78 is 0. The predicted molar refractivity (Wildman–Crippen MR) is 68.4 cm³/mol. The van der Waals surface area contributed by atoms with Gasteiger partial charge in [-0.1, -0.05) is 0 Å². The molecule has 5 nitrogen and oxygen atoms in total. The summed E-state index contributed by atoms with van der Waals surface area (Å²) in [6.07, 6.45) is 0.736. The molecular weight excluding hydrogens is 238 g/mol. The number of aliphatic hydroxyl groups excluding tert-OH is 1. The molecule has 0 spiro atoms. The fourth-order valence-electron chi connectivity index (χ4n) is 1.25. The molecule has 1 atom stereocenters. The van der Waals surface area contributed by atoms with Gasteiger partial charge in [0, 0.05) is 17.8 Å². The smallest absolute Gasteiger partial charge is 0.315 e. The molecule has 0 saturated heterocycles. The SMILES string of the molecule is Cc1nc(CCNC(=O)N[C@@H](C)CO)sc1C. The standard InChI is InChI=1S/C11H19N3O2S/c1-7(6-15)13-11(16)12-5-4-10-14-8(2)9(3)17-10/h7,15H,4-6H2,1-3H3,(H2,12,13,16)/t7-/m0/s1. The van der Waals surface area contributed by atoms with Crippen LogP contribution < -0.4 is 10.6 Å². The second kappa shape index (κ2) is 6.56. The number of carbonyl (C=O) groups is 1. The van der Waals surface area contributed by atoms with Gasteiger partial charge < -0.3 is 15.7 Å². The predicted octanol–water partition coefficient (Wildman–Crippen LogP) is 0.982. The van der Waals surface area contributed by atoms with E-state index in [4.69, 9.17) is 5.11 Å². The van der Waals surface area contributed by atoms with Crippen molar-refractivity contribution in [3.63, 3.8) is 0 Å². The van der Waals surface area contributed by atoms with E-state index < -0.39 is 0 Å². The molecule has 1 rings (SSSR count). The van der Waals surface area contributed by atoms with Crippen molar-refractivity contribution in [1.82, 2.24) is 15.6 Å². The number of aromatic nitrogens is 1. The number of aryl methyl sites for hydroxylation is 2. The molecule has 1 aromatic heterocycles. The third-order valence-electron chi connectivity index (χ3n) is 2.35. The Kier molecular flexibility index (Phi) is 5.37. The average molecular weight is 257 g/mol. The Morgan fingerprint density at radius 3 is 2.76 bits per heavy atom. The van der Waals surface area contributed by atoms with Gasteiger partial charge in [-0.25, -0.2) is 9.78 Å². The molecule has 6 heteroatoms. The van der Waals surface area contributed by atoms with Gasteiger partial charge in [-0.15, -0.1) is 11.3 Å². The largest absolute Gasteiger partial charge is 0.394 e. The highest BCUT2D eigenvalue weighted by molar-refractivity contribution is 7.11. The van der Waals surface area contributed by atoms with Crippen LogP contribution in [0.2, 0.25) is 0 Å². The van der Waals surface area contributed by atoms with Crippen LogP contribution in [0.4, 0.5) is 4.79 Å². The second-order valence-electron chi connectivity index (χ2n) is 3.98. The number of nitrogens with zero attached hydrogens (tertiary/aromatic N) is 1. The molecule has 0 saturated carbocycles. The number of hydrogen-bond donors (Lipinski definition) is 3. The zero-order chi connectivity index (χ0) is 12.8. The van der Waals surface area contributed by atoms with Crippen LogP contribution >= 0.6 is 11.3 Å². The fraction of sp³-hybridized carbons (Fsp3) is 0.636. The van der Waals surface area contributed by atoms with Crippen LogP contribution in [0, 0.1) is 13.8 Å². The number of rotatable bonds is 5. The first-order chi connectivity index (χ1) is 8.02. The summed E-state index contributed by atoms with van der Waals surface area (Å²) in [7, 11) is 0. The van der Waals surface area contributed by atoms with Crippen LogP contribution in [-0.4, -0.2) is 35.3 Å². The highest BCUT2D eigenvalue weighted by Crippen LogP contribution is 2.16. The highest BCUT2D eigenvalue weighted by atomic mass is 32.1. The Balaban J connectivity index is 2.26. The van der Waals surface area contributed by atoms with E-state index in [2.05, 4.69) is 15.6 Å². The minimum atomic E-state index is -0.253. The molecule has 0 bridgehead atoms. The lowest BCUT2D eigenvalue weighted by molar-refractivity contribution is 0.220. The molecular formula is C11H19N3O2S. The van der Waals surface area contributed by atoms with E-state index in [0.29, 0.717) is 6.54 Å². The van der Waals surface area contributed by atoms with Gasteiger partial charge in [-0.3, -0.25) is 0 Å². The molecule has 0 unspecified atom stereocenters. The number of carbonyl (C=O) groups excluding carboxylic acids is 1. The van der Waals surface area contributed by atoms with Crippen molar-refractivity contribution < 1.29 is 9.90 Å². The van der Waals surface area contributed by atoms with Gasteiger partial charge >= 0.3 is 6.03 Å². The van der Waals surface area contributed by atoms with Gasteiger partial charge in [0.25, 0.3) is 0 Å². The van der Waals surface area contributed by atoms with E-state index in [-0.39, 0.29) is 18.7 Å². The molecule has 1 aromatic rings. The van der Waals surface area contributed by atoms with Crippen LogP contribution in [0.15, 0.2) is 0 Å². The molecule has 0 aliphatic carbocycles. The lowest BCUT2D eigenvalue weighted by Gasteiger charge is -2.11. The fourth-order valence-corrected chi connectivity index (χ4v) is 2.18. The summed E-state index contributed by atoms with van der Waals surface area (Å²) >= 11 is 1.66. The van der Waals surface area contributed by atoms with Gasteiger partial charge in [0.05, 0.1) is 23.4 Å². The normalized spacial score (nSPS) is 12.2. The Bertz CT molecular complexity index is 359. The Morgan fingerprint density at radius 1 is 1.53 bits per heavy atom. The van der Waals surface area contributed by atoms with Crippen LogP contribution in [0.5, 0.6) is 0 Å². The number of thiazole rings is 1. The molecule has 3 N–H and O–H groups in total. The van der Waals surface area contributed by atoms with E-state index in [1.54, 1.807) is 18.3 Å². The van der Waals surface area contributed by atoms with Crippen LogP contribution in [0.1, 0.15) is 22.5 Å². The molecule has 0 aromatic carbocycles. The van der Waals surface area contributed by atoms with Crippen molar-refractivity contribution in [2.75, 3.05) is 13.2 Å². The summed E-state index contributed by atoms with van der Waals surface area (Å²) in [5.41, 5.74) is 1.06. The third-order valence-corrected chi connectivity index (χ3v) is 3.48. The Labute approximate surface area is 105 Å². The van der Waals surface area contributed by atoms with Crippen molar-refractivity contribution >= 4 is 17.4 Å². The van der Waals surface area contributed by atoms with Crippen LogP contribution in [-0.2, 0) is 6.42 Å². The van der Waals surface area contributed by atoms with Crippen molar-refractivity contribution in [2.24, 2.45) is 0 Å². The quantitative estimate of drug-likeness (QED) is 0.736. The zero-order valence-corrected chi connectivity index (χ0v) is 11.2. The summed E-state index contributed by atoms with van der Waals surface area (Å²) in [5, 5.41) is 15.2. The monoisotopic (exact) mass is 257 g/mol. The minimum absolute atomic E-state index is 0.0573. The second-order valence-corrected chi connectivity index (χ2v) is 5.27. The van der Waals surface area contributed by atoms with E-state index in [1.165, 1.54) is 4.88 Å². The molecule has 17 heavy (non-hydrogen) atoms. The maximum absolute atomic E-state index is 11.3. The number of hydrogen-bond acceptors (Lipinski definition) is 4. The molecule has 0 radical (unpaired) electrons. The summed E-state index contributed by atoms with van der Waals surface area (Å²) in [4.78, 5) is 16.9. The van der Waals surface area contributed by atoms with E-state index in [0.717, 1.165) is 17.1 Å². The molecule has 1 heterocycles.